The fourth-order valence-electron chi connectivity index (χ4n) is 2.13. The first-order valence-electron chi connectivity index (χ1n) is 7.58. The number of amides is 1. The quantitative estimate of drug-likeness (QED) is 0.793. The third-order valence-corrected chi connectivity index (χ3v) is 3.22. The number of anilines is 3. The average Bonchev–Trinajstić information content (AvgIpc) is 2.62. The van der Waals surface area contributed by atoms with Gasteiger partial charge in [-0.25, -0.2) is 9.78 Å². The number of hydrogen-bond acceptors (Lipinski definition) is 7. The summed E-state index contributed by atoms with van der Waals surface area (Å²) in [4.78, 5) is 15.5. The third kappa shape index (κ3) is 4.66. The summed E-state index contributed by atoms with van der Waals surface area (Å²) >= 11 is 0. The maximum Gasteiger partial charge on any atom is 0.412 e. The molecule has 0 fully saturated rings. The molecule has 0 aliphatic carbocycles. The van der Waals surface area contributed by atoms with E-state index >= 15 is 0 Å². The molecule has 0 spiro atoms. The third-order valence-electron chi connectivity index (χ3n) is 3.22. The first kappa shape index (κ1) is 18.2. The van der Waals surface area contributed by atoms with E-state index in [0.717, 1.165) is 11.4 Å². The molecule has 8 heteroatoms. The molecule has 134 valence electrons. The zero-order valence-electron chi connectivity index (χ0n) is 14.6. The summed E-state index contributed by atoms with van der Waals surface area (Å²) in [6.07, 6.45) is 1.05. The number of aromatic nitrogens is 1. The first-order chi connectivity index (χ1) is 12.1. The van der Waals surface area contributed by atoms with E-state index in [1.807, 2.05) is 0 Å². The van der Waals surface area contributed by atoms with Crippen LogP contribution in [0.2, 0.25) is 0 Å². The molecule has 1 amide bonds. The highest BCUT2D eigenvalue weighted by Crippen LogP contribution is 2.40. The molecule has 0 unspecified atom stereocenters. The van der Waals surface area contributed by atoms with E-state index in [0.29, 0.717) is 29.7 Å². The number of hydrogen-bond donors (Lipinski definition) is 2. The van der Waals surface area contributed by atoms with Gasteiger partial charge in [-0.1, -0.05) is 0 Å². The number of carbonyl (C=O) groups is 1. The van der Waals surface area contributed by atoms with Crippen LogP contribution in [0, 0.1) is 0 Å². The van der Waals surface area contributed by atoms with Crippen molar-refractivity contribution in [1.29, 1.82) is 0 Å². The minimum Gasteiger partial charge on any atom is -0.493 e. The predicted octanol–water partition coefficient (Wildman–Crippen LogP) is 3.42. The van der Waals surface area contributed by atoms with Crippen molar-refractivity contribution < 1.29 is 23.7 Å². The zero-order chi connectivity index (χ0) is 18.2. The van der Waals surface area contributed by atoms with Crippen LogP contribution in [0.25, 0.3) is 0 Å². The van der Waals surface area contributed by atoms with Crippen molar-refractivity contribution >= 4 is 23.3 Å². The van der Waals surface area contributed by atoms with Gasteiger partial charge in [0.15, 0.2) is 11.5 Å². The molecule has 8 nitrogen and oxygen atoms in total. The lowest BCUT2D eigenvalue weighted by molar-refractivity contribution is 0.168. The van der Waals surface area contributed by atoms with E-state index in [9.17, 15) is 4.79 Å². The van der Waals surface area contributed by atoms with Crippen LogP contribution in [0.4, 0.5) is 22.0 Å². The molecule has 0 bridgehead atoms. The molecule has 1 aromatic carbocycles. The van der Waals surface area contributed by atoms with Gasteiger partial charge >= 0.3 is 6.09 Å². The molecule has 1 heterocycles. The van der Waals surface area contributed by atoms with Crippen molar-refractivity contribution in [3.8, 4) is 17.2 Å². The SMILES string of the molecule is CCOC(=O)Nc1ccc(Nc2cc(OC)c(OC)c(OC)c2)cn1. The fraction of sp³-hybridized carbons (Fsp3) is 0.294. The average molecular weight is 347 g/mol. The highest BCUT2D eigenvalue weighted by molar-refractivity contribution is 5.83. The van der Waals surface area contributed by atoms with Gasteiger partial charge in [-0.15, -0.1) is 0 Å². The Morgan fingerprint density at radius 2 is 1.72 bits per heavy atom. The van der Waals surface area contributed by atoms with Gasteiger partial charge in [-0.2, -0.15) is 0 Å². The van der Waals surface area contributed by atoms with Gasteiger partial charge in [-0.05, 0) is 19.1 Å². The molecule has 0 atom stereocenters. The van der Waals surface area contributed by atoms with Crippen LogP contribution < -0.4 is 24.8 Å². The normalized spacial score (nSPS) is 9.92. The number of pyridine rings is 1. The Morgan fingerprint density at radius 3 is 2.20 bits per heavy atom. The van der Waals surface area contributed by atoms with Gasteiger partial charge in [0.2, 0.25) is 5.75 Å². The van der Waals surface area contributed by atoms with Crippen molar-refractivity contribution in [2.75, 3.05) is 38.6 Å². The topological polar surface area (TPSA) is 90.9 Å². The number of nitrogens with one attached hydrogen (secondary N) is 2. The molecule has 25 heavy (non-hydrogen) atoms. The number of benzene rings is 1. The van der Waals surface area contributed by atoms with Crippen LogP contribution in [0.3, 0.4) is 0 Å². The number of rotatable bonds is 7. The molecular weight excluding hydrogens is 326 g/mol. The van der Waals surface area contributed by atoms with Gasteiger partial charge in [0, 0.05) is 17.8 Å². The van der Waals surface area contributed by atoms with E-state index in [2.05, 4.69) is 15.6 Å². The smallest absolute Gasteiger partial charge is 0.412 e. The molecular formula is C17H21N3O5. The summed E-state index contributed by atoms with van der Waals surface area (Å²) in [7, 11) is 4.66. The molecule has 1 aromatic heterocycles. The minimum absolute atomic E-state index is 0.298. The number of carbonyl (C=O) groups excluding carboxylic acids is 1. The highest BCUT2D eigenvalue weighted by Gasteiger charge is 2.13. The van der Waals surface area contributed by atoms with E-state index in [1.165, 1.54) is 0 Å². The van der Waals surface area contributed by atoms with Crippen molar-refractivity contribution in [2.45, 2.75) is 6.92 Å². The molecule has 2 N–H and O–H groups in total. The van der Waals surface area contributed by atoms with Crippen molar-refractivity contribution in [2.24, 2.45) is 0 Å². The zero-order valence-corrected chi connectivity index (χ0v) is 14.6. The molecule has 0 aliphatic heterocycles. The molecule has 2 rings (SSSR count). The summed E-state index contributed by atoms with van der Waals surface area (Å²) in [6.45, 7) is 2.03. The Hall–Kier alpha value is -3.16. The molecule has 0 aliphatic rings. The molecule has 0 saturated carbocycles. The van der Waals surface area contributed by atoms with Crippen molar-refractivity contribution in [3.05, 3.63) is 30.5 Å². The Morgan fingerprint density at radius 1 is 1.04 bits per heavy atom. The highest BCUT2D eigenvalue weighted by atomic mass is 16.5. The molecule has 0 saturated heterocycles. The minimum atomic E-state index is -0.541. The van der Waals surface area contributed by atoms with Crippen LogP contribution in [-0.4, -0.2) is 39.0 Å². The fourth-order valence-corrected chi connectivity index (χ4v) is 2.13. The standard InChI is InChI=1S/C17H21N3O5/c1-5-25-17(21)20-15-7-6-11(10-18-15)19-12-8-13(22-2)16(24-4)14(9-12)23-3/h6-10,19H,5H2,1-4H3,(H,18,20,21). The Balaban J connectivity index is 2.15. The van der Waals surface area contributed by atoms with Crippen LogP contribution in [0.5, 0.6) is 17.2 Å². The van der Waals surface area contributed by atoms with E-state index < -0.39 is 6.09 Å². The van der Waals surface area contributed by atoms with Crippen LogP contribution in [0.15, 0.2) is 30.5 Å². The lowest BCUT2D eigenvalue weighted by Crippen LogP contribution is -2.14. The number of nitrogens with zero attached hydrogens (tertiary/aromatic N) is 1. The van der Waals surface area contributed by atoms with Crippen LogP contribution in [-0.2, 0) is 4.74 Å². The summed E-state index contributed by atoms with van der Waals surface area (Å²) in [5.74, 6) is 1.99. The predicted molar refractivity (Wildman–Crippen MR) is 94.3 cm³/mol. The van der Waals surface area contributed by atoms with Crippen molar-refractivity contribution in [1.82, 2.24) is 4.98 Å². The van der Waals surface area contributed by atoms with Gasteiger partial charge < -0.3 is 24.3 Å². The summed E-state index contributed by atoms with van der Waals surface area (Å²) in [5.41, 5.74) is 1.46. The second-order valence-electron chi connectivity index (χ2n) is 4.82. The van der Waals surface area contributed by atoms with Crippen molar-refractivity contribution in [3.63, 3.8) is 0 Å². The second-order valence-corrected chi connectivity index (χ2v) is 4.82. The summed E-state index contributed by atoms with van der Waals surface area (Å²) in [6, 6.07) is 7.01. The maximum atomic E-state index is 11.4. The number of ether oxygens (including phenoxy) is 4. The van der Waals surface area contributed by atoms with Gasteiger partial charge in [-0.3, -0.25) is 5.32 Å². The van der Waals surface area contributed by atoms with Crippen LogP contribution >= 0.6 is 0 Å². The molecule has 2 aromatic rings. The van der Waals surface area contributed by atoms with E-state index in [1.54, 1.807) is 58.7 Å². The van der Waals surface area contributed by atoms with E-state index in [-0.39, 0.29) is 0 Å². The molecule has 0 radical (unpaired) electrons. The van der Waals surface area contributed by atoms with Gasteiger partial charge in [0.05, 0.1) is 39.8 Å². The largest absolute Gasteiger partial charge is 0.493 e. The van der Waals surface area contributed by atoms with Gasteiger partial charge in [0.1, 0.15) is 5.82 Å². The Bertz CT molecular complexity index is 694. The lowest BCUT2D eigenvalue weighted by Gasteiger charge is -2.15. The first-order valence-corrected chi connectivity index (χ1v) is 7.58. The number of methoxy groups -OCH3 is 3. The lowest BCUT2D eigenvalue weighted by atomic mass is 10.2. The van der Waals surface area contributed by atoms with E-state index in [4.69, 9.17) is 18.9 Å². The Kier molecular flexibility index (Phi) is 6.27. The Labute approximate surface area is 146 Å². The monoisotopic (exact) mass is 347 g/mol. The summed E-state index contributed by atoms with van der Waals surface area (Å²) < 4.78 is 20.7. The maximum absolute atomic E-state index is 11.4. The van der Waals surface area contributed by atoms with Gasteiger partial charge in [0.25, 0.3) is 0 Å². The van der Waals surface area contributed by atoms with Crippen LogP contribution in [0.1, 0.15) is 6.92 Å². The summed E-state index contributed by atoms with van der Waals surface area (Å²) in [5, 5.41) is 5.72. The second kappa shape index (κ2) is 8.62.